The zero-order valence-corrected chi connectivity index (χ0v) is 22.2. The third-order valence-corrected chi connectivity index (χ3v) is 8.07. The van der Waals surface area contributed by atoms with Crippen molar-refractivity contribution in [1.29, 1.82) is 0 Å². The topological polar surface area (TPSA) is 90.4 Å². The Morgan fingerprint density at radius 3 is 2.37 bits per heavy atom. The van der Waals surface area contributed by atoms with Crippen LogP contribution in [0.1, 0.15) is 54.4 Å². The summed E-state index contributed by atoms with van der Waals surface area (Å²) in [6, 6.07) is -1.47. The largest absolute Gasteiger partial charge is 0.394 e. The molecule has 8 heteroatoms. The number of carbonyl (C=O) groups excluding carboxylic acids is 3. The van der Waals surface area contributed by atoms with Gasteiger partial charge in [0.2, 0.25) is 17.7 Å². The van der Waals surface area contributed by atoms with Crippen molar-refractivity contribution < 1.29 is 24.2 Å². The highest BCUT2D eigenvalue weighted by molar-refractivity contribution is 6.00. The summed E-state index contributed by atoms with van der Waals surface area (Å²) >= 11 is 0. The highest BCUT2D eigenvalue weighted by atomic mass is 16.5. The molecule has 0 bridgehead atoms. The molecule has 1 unspecified atom stereocenters. The van der Waals surface area contributed by atoms with E-state index in [1.54, 1.807) is 16.8 Å². The molecule has 0 aliphatic carbocycles. The molecule has 1 spiro atoms. The second-order valence-corrected chi connectivity index (χ2v) is 12.4. The lowest BCUT2D eigenvalue weighted by Gasteiger charge is -2.45. The van der Waals surface area contributed by atoms with Crippen LogP contribution in [-0.2, 0) is 19.1 Å². The van der Waals surface area contributed by atoms with Crippen LogP contribution in [0, 0.1) is 17.3 Å². The highest BCUT2D eigenvalue weighted by Crippen LogP contribution is 2.54. The predicted molar refractivity (Wildman–Crippen MR) is 132 cm³/mol. The van der Waals surface area contributed by atoms with Gasteiger partial charge in [0.1, 0.15) is 11.6 Å². The first kappa shape index (κ1) is 25.9. The number of hydrogen-bond donors (Lipinski definition) is 1. The Morgan fingerprint density at radius 1 is 1.09 bits per heavy atom. The molecule has 6 atom stereocenters. The minimum Gasteiger partial charge on any atom is -0.394 e. The van der Waals surface area contributed by atoms with Crippen molar-refractivity contribution in [3.8, 4) is 0 Å². The smallest absolute Gasteiger partial charge is 0.249 e. The molecular weight excluding hydrogens is 446 g/mol. The van der Waals surface area contributed by atoms with Crippen LogP contribution in [0.4, 0.5) is 0 Å². The van der Waals surface area contributed by atoms with Gasteiger partial charge in [-0.1, -0.05) is 52.0 Å². The van der Waals surface area contributed by atoms with Gasteiger partial charge in [-0.2, -0.15) is 0 Å². The molecule has 1 N–H and O–H groups in total. The zero-order valence-electron chi connectivity index (χ0n) is 22.2. The van der Waals surface area contributed by atoms with Gasteiger partial charge in [0.25, 0.3) is 0 Å². The average Bonchev–Trinajstić information content (AvgIpc) is 3.07. The fourth-order valence-electron chi connectivity index (χ4n) is 6.95. The van der Waals surface area contributed by atoms with Crippen LogP contribution in [0.3, 0.4) is 0 Å². The maximum Gasteiger partial charge on any atom is 0.249 e. The maximum absolute atomic E-state index is 14.4. The van der Waals surface area contributed by atoms with Gasteiger partial charge in [-0.15, -0.1) is 0 Å². The van der Waals surface area contributed by atoms with Gasteiger partial charge in [-0.25, -0.2) is 0 Å². The summed E-state index contributed by atoms with van der Waals surface area (Å²) < 4.78 is 6.62. The lowest BCUT2D eigenvalue weighted by molar-refractivity contribution is -0.155. The molecular formula is C27H41N3O5. The van der Waals surface area contributed by atoms with Crippen LogP contribution in [-0.4, -0.2) is 93.6 Å². The summed E-state index contributed by atoms with van der Waals surface area (Å²) in [5.41, 5.74) is -1.74. The molecule has 0 aromatic heterocycles. The van der Waals surface area contributed by atoms with Crippen molar-refractivity contribution in [2.45, 2.75) is 83.7 Å². The molecule has 2 saturated heterocycles. The minimum atomic E-state index is -1.25. The van der Waals surface area contributed by atoms with Gasteiger partial charge in [0.15, 0.2) is 0 Å². The van der Waals surface area contributed by atoms with E-state index >= 15 is 0 Å². The number of aliphatic hydroxyl groups excluding tert-OH is 1. The van der Waals surface area contributed by atoms with Gasteiger partial charge in [0.05, 0.1) is 30.6 Å². The van der Waals surface area contributed by atoms with Gasteiger partial charge < -0.3 is 24.5 Å². The number of carbonyl (C=O) groups is 3. The Bertz CT molecular complexity index is 947. The SMILES string of the molecule is CC[C@@H](CO)N1C(=O)[C@@H]2[C@H]3C(=O)N(C)CC=C[C@H]3O[C@@]23C=CCN(C(C)(C)CC(C)(C)C)C(=O)C13. The van der Waals surface area contributed by atoms with E-state index in [2.05, 4.69) is 34.6 Å². The Balaban J connectivity index is 1.85. The van der Waals surface area contributed by atoms with E-state index in [0.29, 0.717) is 19.5 Å². The molecule has 4 heterocycles. The summed E-state index contributed by atoms with van der Waals surface area (Å²) in [7, 11) is 1.72. The van der Waals surface area contributed by atoms with Crippen molar-refractivity contribution in [3.05, 3.63) is 24.3 Å². The van der Waals surface area contributed by atoms with Gasteiger partial charge in [-0.05, 0) is 32.1 Å². The highest BCUT2D eigenvalue weighted by Gasteiger charge is 2.72. The third kappa shape index (κ3) is 4.02. The molecule has 4 rings (SSSR count). The van der Waals surface area contributed by atoms with E-state index in [1.807, 2.05) is 36.1 Å². The quantitative estimate of drug-likeness (QED) is 0.599. The number of rotatable bonds is 5. The number of hydrogen-bond acceptors (Lipinski definition) is 5. The molecule has 0 radical (unpaired) electrons. The number of likely N-dealkylation sites (N-methyl/N-ethyl adjacent to an activating group) is 1. The summed E-state index contributed by atoms with van der Waals surface area (Å²) in [4.78, 5) is 46.9. The number of amides is 3. The number of aliphatic hydroxyl groups is 1. The molecule has 8 nitrogen and oxygen atoms in total. The van der Waals surface area contributed by atoms with E-state index < -0.39 is 41.2 Å². The van der Waals surface area contributed by atoms with Crippen molar-refractivity contribution in [2.24, 2.45) is 17.3 Å². The normalized spacial score (nSPS) is 34.1. The Labute approximate surface area is 208 Å². The van der Waals surface area contributed by atoms with Crippen LogP contribution >= 0.6 is 0 Å². The number of nitrogens with zero attached hydrogens (tertiary/aromatic N) is 3. The molecule has 35 heavy (non-hydrogen) atoms. The first-order valence-electron chi connectivity index (χ1n) is 12.8. The average molecular weight is 488 g/mol. The molecule has 0 aromatic carbocycles. The summed E-state index contributed by atoms with van der Waals surface area (Å²) in [6.45, 7) is 13.1. The van der Waals surface area contributed by atoms with E-state index in [4.69, 9.17) is 4.74 Å². The Kier molecular flexibility index (Phi) is 6.46. The standard InChI is InChI=1S/C27H41N3O5/c1-8-17(15-31)30-21-24(34)29(26(5,6)16-25(2,3)4)14-10-12-27(21)20(23(30)33)19-18(35-27)11-9-13-28(7)22(19)32/h9-12,17-21,31H,8,13-16H2,1-7H3/t17-,18+,19-,20-,21?,27-/m0/s1. The second kappa shape index (κ2) is 8.73. The lowest BCUT2D eigenvalue weighted by atomic mass is 9.77. The van der Waals surface area contributed by atoms with E-state index in [9.17, 15) is 19.5 Å². The molecule has 4 aliphatic heterocycles. The maximum atomic E-state index is 14.4. The third-order valence-electron chi connectivity index (χ3n) is 8.07. The monoisotopic (exact) mass is 487 g/mol. The van der Waals surface area contributed by atoms with E-state index in [0.717, 1.165) is 6.42 Å². The second-order valence-electron chi connectivity index (χ2n) is 12.4. The van der Waals surface area contributed by atoms with Gasteiger partial charge in [-0.3, -0.25) is 14.4 Å². The van der Waals surface area contributed by atoms with Gasteiger partial charge >= 0.3 is 0 Å². The fourth-order valence-corrected chi connectivity index (χ4v) is 6.95. The van der Waals surface area contributed by atoms with Crippen LogP contribution in [0.5, 0.6) is 0 Å². The molecule has 4 aliphatic rings. The molecule has 3 amide bonds. The predicted octanol–water partition coefficient (Wildman–Crippen LogP) is 1.98. The minimum absolute atomic E-state index is 0.0128. The number of likely N-dealkylation sites (tertiary alicyclic amines) is 1. The van der Waals surface area contributed by atoms with Gasteiger partial charge in [0, 0.05) is 25.7 Å². The van der Waals surface area contributed by atoms with E-state index in [1.165, 1.54) is 0 Å². The van der Waals surface area contributed by atoms with Crippen LogP contribution < -0.4 is 0 Å². The Hall–Kier alpha value is -2.19. The summed E-state index contributed by atoms with van der Waals surface area (Å²) in [5, 5.41) is 10.2. The van der Waals surface area contributed by atoms with Crippen molar-refractivity contribution in [3.63, 3.8) is 0 Å². The van der Waals surface area contributed by atoms with Crippen LogP contribution in [0.15, 0.2) is 24.3 Å². The first-order chi connectivity index (χ1) is 16.3. The Morgan fingerprint density at radius 2 is 1.77 bits per heavy atom. The summed E-state index contributed by atoms with van der Waals surface area (Å²) in [5.74, 6) is -2.15. The number of fused-ring (bicyclic) bond motifs is 2. The van der Waals surface area contributed by atoms with Crippen molar-refractivity contribution >= 4 is 17.7 Å². The molecule has 194 valence electrons. The first-order valence-corrected chi connectivity index (χ1v) is 12.8. The van der Waals surface area contributed by atoms with Crippen LogP contribution in [0.2, 0.25) is 0 Å². The van der Waals surface area contributed by atoms with Crippen molar-refractivity contribution in [1.82, 2.24) is 14.7 Å². The van der Waals surface area contributed by atoms with E-state index in [-0.39, 0.29) is 29.7 Å². The number of ether oxygens (including phenoxy) is 1. The summed E-state index contributed by atoms with van der Waals surface area (Å²) in [6.07, 6.45) is 8.23. The van der Waals surface area contributed by atoms with Crippen LogP contribution in [0.25, 0.3) is 0 Å². The molecule has 2 fully saturated rings. The fraction of sp³-hybridized carbons (Fsp3) is 0.741. The molecule has 0 saturated carbocycles. The lowest BCUT2D eigenvalue weighted by Crippen LogP contribution is -2.61. The molecule has 0 aromatic rings. The zero-order chi connectivity index (χ0) is 25.9. The van der Waals surface area contributed by atoms with Crippen molar-refractivity contribution in [2.75, 3.05) is 26.7 Å².